The van der Waals surface area contributed by atoms with Gasteiger partial charge in [0.1, 0.15) is 34.2 Å². The number of ether oxygens (including phenoxy) is 2. The van der Waals surface area contributed by atoms with Crippen LogP contribution in [0.15, 0.2) is 150 Å². The van der Waals surface area contributed by atoms with Crippen LogP contribution in [0.4, 0.5) is 0 Å². The zero-order chi connectivity index (χ0) is 36.8. The predicted octanol–water partition coefficient (Wildman–Crippen LogP) is 12.1. The lowest BCUT2D eigenvalue weighted by atomic mass is 9.34. The van der Waals surface area contributed by atoms with E-state index >= 15 is 0 Å². The van der Waals surface area contributed by atoms with Crippen molar-refractivity contribution in [3.63, 3.8) is 0 Å². The fraction of sp³-hybridized carbons (Fsp3) is 0.0400. The number of benzene rings is 8. The minimum absolute atomic E-state index is 0.0438. The Hall–Kier alpha value is -6.76. The molecule has 0 radical (unpaired) electrons. The Labute approximate surface area is 325 Å². The summed E-state index contributed by atoms with van der Waals surface area (Å²) in [6, 6.07) is 52.3. The number of rotatable bonds is 2. The van der Waals surface area contributed by atoms with Crippen molar-refractivity contribution in [3.8, 4) is 39.8 Å². The summed E-state index contributed by atoms with van der Waals surface area (Å²) < 4.78 is 25.2. The van der Waals surface area contributed by atoms with E-state index in [1.165, 1.54) is 58.5 Å². The van der Waals surface area contributed by atoms with Crippen LogP contribution in [0.5, 0.6) is 23.0 Å². The van der Waals surface area contributed by atoms with Gasteiger partial charge >= 0.3 is 0 Å². The minimum atomic E-state index is 0.0438. The number of para-hydroxylation sites is 2. The zero-order valence-corrected chi connectivity index (χ0v) is 31.3. The Bertz CT molecular complexity index is 3410. The fourth-order valence-electron chi connectivity index (χ4n) is 9.59. The molecule has 5 heterocycles. The van der Waals surface area contributed by atoms with E-state index in [1.807, 2.05) is 11.3 Å². The molecule has 0 atom stereocenters. The average molecular weight is 736 g/mol. The molecule has 2 aliphatic heterocycles. The Kier molecular flexibility index (Phi) is 5.97. The molecule has 6 heteroatoms. The quantitative estimate of drug-likeness (QED) is 0.166. The molecule has 0 saturated carbocycles. The largest absolute Gasteiger partial charge is 0.458 e. The second-order valence-electron chi connectivity index (χ2n) is 15.3. The van der Waals surface area contributed by atoms with Gasteiger partial charge in [0, 0.05) is 47.5 Å². The molecular weight excluding hydrogens is 705 g/mol. The van der Waals surface area contributed by atoms with Crippen LogP contribution in [0.2, 0.25) is 0 Å². The van der Waals surface area contributed by atoms with Crippen LogP contribution in [0, 0.1) is 13.8 Å². The maximum Gasteiger partial charge on any atom is 0.260 e. The molecule has 3 aromatic heterocycles. The standard InChI is InChI=1S/C50H30BNO3S/c1-27-15-21-39-35(23-27)51-36-24-28(2)16-22-40(36)54-42-26-30(25-41(53-39)47(42)51)29-17-19-31(20-18-29)52-37-12-6-3-9-32(37)44-48(52)45-34-11-5-8-14-43(34)56-50(45)46-33-10-4-7-13-38(33)55-49(44)46/h3-26H,1-2H3. The number of hydrogen-bond acceptors (Lipinski definition) is 4. The number of nitrogens with zero attached hydrogens (tertiary/aromatic N) is 1. The maximum atomic E-state index is 6.81. The van der Waals surface area contributed by atoms with Crippen molar-refractivity contribution in [1.29, 1.82) is 0 Å². The van der Waals surface area contributed by atoms with Gasteiger partial charge in [0.25, 0.3) is 6.71 Å². The summed E-state index contributed by atoms with van der Waals surface area (Å²) in [7, 11) is 0. The van der Waals surface area contributed by atoms with E-state index in [0.717, 1.165) is 72.7 Å². The van der Waals surface area contributed by atoms with Crippen LogP contribution in [-0.4, -0.2) is 11.3 Å². The van der Waals surface area contributed by atoms with Gasteiger partial charge in [-0.15, -0.1) is 11.3 Å². The highest BCUT2D eigenvalue weighted by atomic mass is 32.1. The van der Waals surface area contributed by atoms with Crippen LogP contribution in [0.25, 0.3) is 80.7 Å². The van der Waals surface area contributed by atoms with Gasteiger partial charge in [0.05, 0.1) is 16.4 Å². The first kappa shape index (κ1) is 30.6. The molecule has 0 fully saturated rings. The number of furan rings is 1. The Balaban J connectivity index is 1.03. The van der Waals surface area contributed by atoms with Crippen LogP contribution in [0.1, 0.15) is 11.1 Å². The smallest absolute Gasteiger partial charge is 0.260 e. The molecule has 0 spiro atoms. The molecule has 0 amide bonds. The van der Waals surface area contributed by atoms with E-state index < -0.39 is 0 Å². The Morgan fingerprint density at radius 2 is 1.18 bits per heavy atom. The SMILES string of the molecule is Cc1ccc2c(c1)B1c3cc(C)ccc3Oc3cc(-c4ccc(-n5c6ccccc6c6c7oc8ccccc8c7c7sc8ccccc8c7c65)cc4)cc(c31)O2. The Morgan fingerprint density at radius 3 is 1.91 bits per heavy atom. The lowest BCUT2D eigenvalue weighted by molar-refractivity contribution is 0.465. The van der Waals surface area contributed by atoms with Gasteiger partial charge in [-0.05, 0) is 90.5 Å². The predicted molar refractivity (Wildman–Crippen MR) is 234 cm³/mol. The third-order valence-electron chi connectivity index (χ3n) is 12.0. The lowest BCUT2D eigenvalue weighted by Gasteiger charge is -2.33. The van der Waals surface area contributed by atoms with Gasteiger partial charge in [-0.3, -0.25) is 0 Å². The van der Waals surface area contributed by atoms with Crippen LogP contribution in [0.3, 0.4) is 0 Å². The van der Waals surface area contributed by atoms with Crippen LogP contribution in [-0.2, 0) is 0 Å². The Morgan fingerprint density at radius 1 is 0.536 bits per heavy atom. The van der Waals surface area contributed by atoms with Gasteiger partial charge in [0.15, 0.2) is 0 Å². The summed E-state index contributed by atoms with van der Waals surface area (Å²) in [5, 5.41) is 7.21. The van der Waals surface area contributed by atoms with Crippen molar-refractivity contribution >= 4 is 98.4 Å². The summed E-state index contributed by atoms with van der Waals surface area (Å²) in [5.41, 5.74) is 13.3. The molecule has 4 nitrogen and oxygen atoms in total. The summed E-state index contributed by atoms with van der Waals surface area (Å²) in [6.07, 6.45) is 0. The highest BCUT2D eigenvalue weighted by Crippen LogP contribution is 2.50. The van der Waals surface area contributed by atoms with Gasteiger partial charge in [-0.1, -0.05) is 102 Å². The summed E-state index contributed by atoms with van der Waals surface area (Å²) in [4.78, 5) is 0. The summed E-state index contributed by atoms with van der Waals surface area (Å²) in [5.74, 6) is 3.49. The third-order valence-corrected chi connectivity index (χ3v) is 13.2. The van der Waals surface area contributed by atoms with Crippen molar-refractivity contribution in [3.05, 3.63) is 157 Å². The zero-order valence-electron chi connectivity index (χ0n) is 30.5. The topological polar surface area (TPSA) is 36.5 Å². The average Bonchev–Trinajstić information content (AvgIpc) is 3.91. The highest BCUT2D eigenvalue weighted by Gasteiger charge is 2.40. The molecule has 0 saturated heterocycles. The number of hydrogen-bond donors (Lipinski definition) is 0. The summed E-state index contributed by atoms with van der Waals surface area (Å²) >= 11 is 1.85. The monoisotopic (exact) mass is 735 g/mol. The molecule has 11 aromatic rings. The number of thiophene rings is 1. The minimum Gasteiger partial charge on any atom is -0.458 e. The van der Waals surface area contributed by atoms with E-state index in [2.05, 4.69) is 164 Å². The fourth-order valence-corrected chi connectivity index (χ4v) is 10.9. The molecule has 0 N–H and O–H groups in total. The maximum absolute atomic E-state index is 6.81. The lowest BCUT2D eigenvalue weighted by Crippen LogP contribution is -2.57. The molecule has 0 bridgehead atoms. The molecule has 2 aliphatic rings. The second-order valence-corrected chi connectivity index (χ2v) is 16.4. The van der Waals surface area contributed by atoms with Gasteiger partial charge in [-0.25, -0.2) is 0 Å². The molecule has 0 aliphatic carbocycles. The van der Waals surface area contributed by atoms with Crippen molar-refractivity contribution < 1.29 is 13.9 Å². The molecular formula is C50H30BNO3S. The van der Waals surface area contributed by atoms with Crippen molar-refractivity contribution in [2.75, 3.05) is 0 Å². The van der Waals surface area contributed by atoms with Crippen molar-refractivity contribution in [1.82, 2.24) is 4.57 Å². The molecule has 56 heavy (non-hydrogen) atoms. The van der Waals surface area contributed by atoms with E-state index in [4.69, 9.17) is 13.9 Å². The van der Waals surface area contributed by atoms with E-state index in [-0.39, 0.29) is 6.71 Å². The first-order chi connectivity index (χ1) is 27.6. The number of aromatic nitrogens is 1. The molecule has 0 unspecified atom stereocenters. The first-order valence-electron chi connectivity index (χ1n) is 19.1. The van der Waals surface area contributed by atoms with Gasteiger partial charge < -0.3 is 18.5 Å². The van der Waals surface area contributed by atoms with Crippen molar-refractivity contribution in [2.45, 2.75) is 13.8 Å². The van der Waals surface area contributed by atoms with Crippen molar-refractivity contribution in [2.24, 2.45) is 0 Å². The number of aryl methyl sites for hydroxylation is 2. The van der Waals surface area contributed by atoms with Gasteiger partial charge in [-0.2, -0.15) is 0 Å². The van der Waals surface area contributed by atoms with Crippen LogP contribution >= 0.6 is 11.3 Å². The van der Waals surface area contributed by atoms with E-state index in [1.54, 1.807) is 0 Å². The molecule has 8 aromatic carbocycles. The normalized spacial score (nSPS) is 13.1. The molecule has 262 valence electrons. The van der Waals surface area contributed by atoms with E-state index in [9.17, 15) is 0 Å². The van der Waals surface area contributed by atoms with Gasteiger partial charge in [0.2, 0.25) is 0 Å². The molecule has 13 rings (SSSR count). The summed E-state index contributed by atoms with van der Waals surface area (Å²) in [6.45, 7) is 4.33. The van der Waals surface area contributed by atoms with E-state index in [0.29, 0.717) is 0 Å². The van der Waals surface area contributed by atoms with Crippen LogP contribution < -0.4 is 25.9 Å². The number of fused-ring (bicyclic) bond motifs is 16. The third kappa shape index (κ3) is 4.03. The second kappa shape index (κ2) is 10.9. The highest BCUT2D eigenvalue weighted by molar-refractivity contribution is 7.27. The first-order valence-corrected chi connectivity index (χ1v) is 19.9.